The molecule has 4 nitrogen and oxygen atoms in total. The van der Waals surface area contributed by atoms with Crippen molar-refractivity contribution >= 4 is 17.6 Å². The Balaban J connectivity index is 1.39. The first-order valence-corrected chi connectivity index (χ1v) is 6.86. The summed E-state index contributed by atoms with van der Waals surface area (Å²) < 4.78 is 5.63. The number of hydrogen-bond donors (Lipinski definition) is 1. The highest BCUT2D eigenvalue weighted by atomic mass is 35.5. The third-order valence-corrected chi connectivity index (χ3v) is 4.30. The molecule has 0 radical (unpaired) electrons. The molecule has 102 valence electrons. The van der Waals surface area contributed by atoms with Crippen molar-refractivity contribution in [1.82, 2.24) is 4.90 Å². The highest BCUT2D eigenvalue weighted by Gasteiger charge is 2.59. The van der Waals surface area contributed by atoms with Gasteiger partial charge in [0.15, 0.2) is 0 Å². The second-order valence-corrected chi connectivity index (χ2v) is 5.69. The summed E-state index contributed by atoms with van der Waals surface area (Å²) in [4.78, 5) is 13.1. The van der Waals surface area contributed by atoms with Crippen LogP contribution in [0, 0.1) is 17.8 Å². The first kappa shape index (κ1) is 12.8. The molecule has 0 aromatic heterocycles. The predicted octanol–water partition coefficient (Wildman–Crippen LogP) is 1.98. The summed E-state index contributed by atoms with van der Waals surface area (Å²) in [6, 6.07) is 7.31. The number of ether oxygens (including phenoxy) is 1. The maximum absolute atomic E-state index is 10.9. The van der Waals surface area contributed by atoms with Crippen molar-refractivity contribution in [2.75, 3.05) is 26.2 Å². The Kier molecular flexibility index (Phi) is 3.37. The lowest BCUT2D eigenvalue weighted by molar-refractivity contribution is -0.139. The van der Waals surface area contributed by atoms with Gasteiger partial charge in [-0.15, -0.1) is 0 Å². The fourth-order valence-electron chi connectivity index (χ4n) is 2.99. The first-order chi connectivity index (χ1) is 9.15. The molecular formula is C14H16ClNO3. The molecule has 1 saturated heterocycles. The number of carboxylic acids is 1. The van der Waals surface area contributed by atoms with E-state index in [1.165, 1.54) is 0 Å². The van der Waals surface area contributed by atoms with Crippen molar-refractivity contribution in [1.29, 1.82) is 0 Å². The molecule has 19 heavy (non-hydrogen) atoms. The van der Waals surface area contributed by atoms with Crippen molar-refractivity contribution in [3.05, 3.63) is 29.3 Å². The van der Waals surface area contributed by atoms with E-state index in [0.29, 0.717) is 23.5 Å². The maximum atomic E-state index is 10.9. The minimum Gasteiger partial charge on any atom is -0.492 e. The monoisotopic (exact) mass is 281 g/mol. The molecule has 1 aromatic rings. The Hall–Kier alpha value is -1.26. The number of carbonyl (C=O) groups is 1. The number of halogens is 1. The predicted molar refractivity (Wildman–Crippen MR) is 71.5 cm³/mol. The van der Waals surface area contributed by atoms with E-state index in [1.807, 2.05) is 12.1 Å². The van der Waals surface area contributed by atoms with Gasteiger partial charge in [-0.2, -0.15) is 0 Å². The summed E-state index contributed by atoms with van der Waals surface area (Å²) in [5.41, 5.74) is 0. The van der Waals surface area contributed by atoms with Crippen LogP contribution in [0.5, 0.6) is 5.75 Å². The normalized spacial score (nSPS) is 29.0. The van der Waals surface area contributed by atoms with Crippen molar-refractivity contribution in [3.8, 4) is 5.75 Å². The van der Waals surface area contributed by atoms with E-state index in [4.69, 9.17) is 21.4 Å². The Morgan fingerprint density at radius 3 is 2.53 bits per heavy atom. The lowest BCUT2D eigenvalue weighted by atomic mass is 10.2. The van der Waals surface area contributed by atoms with Crippen LogP contribution in [0.3, 0.4) is 0 Å². The standard InChI is InChI=1S/C14H16ClNO3/c15-9-1-3-10(4-2-9)19-6-5-16-7-11-12(8-16)13(11)14(17)18/h1-4,11-13H,5-8H2,(H,17,18)/t11-,12+,13?. The van der Waals surface area contributed by atoms with Crippen molar-refractivity contribution < 1.29 is 14.6 Å². The molecule has 1 aliphatic carbocycles. The Labute approximate surface area is 116 Å². The molecule has 2 aliphatic rings. The number of rotatable bonds is 5. The molecule has 1 aliphatic heterocycles. The van der Waals surface area contributed by atoms with Crippen LogP contribution in [-0.2, 0) is 4.79 Å². The van der Waals surface area contributed by atoms with E-state index < -0.39 is 5.97 Å². The summed E-state index contributed by atoms with van der Waals surface area (Å²) in [6.45, 7) is 3.26. The van der Waals surface area contributed by atoms with E-state index in [-0.39, 0.29) is 5.92 Å². The zero-order valence-electron chi connectivity index (χ0n) is 10.5. The quantitative estimate of drug-likeness (QED) is 0.897. The fourth-order valence-corrected chi connectivity index (χ4v) is 3.11. The molecule has 1 aromatic carbocycles. The van der Waals surface area contributed by atoms with E-state index in [0.717, 1.165) is 25.4 Å². The summed E-state index contributed by atoms with van der Waals surface area (Å²) >= 11 is 5.80. The Morgan fingerprint density at radius 1 is 1.32 bits per heavy atom. The van der Waals surface area contributed by atoms with Gasteiger partial charge >= 0.3 is 5.97 Å². The van der Waals surface area contributed by atoms with Gasteiger partial charge in [0, 0.05) is 24.7 Å². The zero-order chi connectivity index (χ0) is 13.4. The van der Waals surface area contributed by atoms with Crippen molar-refractivity contribution in [2.45, 2.75) is 0 Å². The van der Waals surface area contributed by atoms with E-state index in [9.17, 15) is 4.79 Å². The van der Waals surface area contributed by atoms with Crippen molar-refractivity contribution in [3.63, 3.8) is 0 Å². The topological polar surface area (TPSA) is 49.8 Å². The highest BCUT2D eigenvalue weighted by Crippen LogP contribution is 2.51. The molecule has 2 fully saturated rings. The van der Waals surface area contributed by atoms with Crippen LogP contribution in [0.25, 0.3) is 0 Å². The number of fused-ring (bicyclic) bond motifs is 1. The molecule has 1 N–H and O–H groups in total. The minimum absolute atomic E-state index is 0.0894. The molecule has 3 rings (SSSR count). The Morgan fingerprint density at radius 2 is 1.95 bits per heavy atom. The lowest BCUT2D eigenvalue weighted by Crippen LogP contribution is -2.30. The molecular weight excluding hydrogens is 266 g/mol. The van der Waals surface area contributed by atoms with Gasteiger partial charge in [-0.05, 0) is 36.1 Å². The third kappa shape index (κ3) is 2.69. The number of carboxylic acid groups (broad SMARTS) is 1. The maximum Gasteiger partial charge on any atom is 0.307 e. The van der Waals surface area contributed by atoms with Gasteiger partial charge in [0.1, 0.15) is 12.4 Å². The van der Waals surface area contributed by atoms with Crippen LogP contribution < -0.4 is 4.74 Å². The largest absolute Gasteiger partial charge is 0.492 e. The number of hydrogen-bond acceptors (Lipinski definition) is 3. The van der Waals surface area contributed by atoms with Crippen molar-refractivity contribution in [2.24, 2.45) is 17.8 Å². The van der Waals surface area contributed by atoms with Gasteiger partial charge in [0.05, 0.1) is 5.92 Å². The fraction of sp³-hybridized carbons (Fsp3) is 0.500. The van der Waals surface area contributed by atoms with Crippen LogP contribution in [0.2, 0.25) is 5.02 Å². The molecule has 0 bridgehead atoms. The molecule has 0 spiro atoms. The molecule has 1 saturated carbocycles. The molecule has 5 heteroatoms. The highest BCUT2D eigenvalue weighted by molar-refractivity contribution is 6.30. The van der Waals surface area contributed by atoms with Crippen LogP contribution in [0.15, 0.2) is 24.3 Å². The summed E-state index contributed by atoms with van der Waals surface area (Å²) in [5.74, 6) is 0.832. The number of benzene rings is 1. The molecule has 1 heterocycles. The van der Waals surface area contributed by atoms with Gasteiger partial charge in [-0.25, -0.2) is 0 Å². The smallest absolute Gasteiger partial charge is 0.307 e. The van der Waals surface area contributed by atoms with Crippen LogP contribution in [-0.4, -0.2) is 42.2 Å². The molecule has 1 unspecified atom stereocenters. The average molecular weight is 282 g/mol. The minimum atomic E-state index is -0.632. The number of piperidine rings is 1. The van der Waals surface area contributed by atoms with Gasteiger partial charge in [-0.1, -0.05) is 11.6 Å². The second kappa shape index (κ2) is 5.02. The average Bonchev–Trinajstić information content (AvgIpc) is 2.90. The van der Waals surface area contributed by atoms with Gasteiger partial charge < -0.3 is 9.84 Å². The molecule has 3 atom stereocenters. The first-order valence-electron chi connectivity index (χ1n) is 6.48. The van der Waals surface area contributed by atoms with Gasteiger partial charge in [0.2, 0.25) is 0 Å². The number of aliphatic carboxylic acids is 1. The Bertz CT molecular complexity index is 464. The number of nitrogens with zero attached hydrogens (tertiary/aromatic N) is 1. The summed E-state index contributed by atoms with van der Waals surface area (Å²) in [5, 5.41) is 9.64. The van der Waals surface area contributed by atoms with Gasteiger partial charge in [0.25, 0.3) is 0 Å². The second-order valence-electron chi connectivity index (χ2n) is 5.25. The number of likely N-dealkylation sites (tertiary alicyclic amines) is 1. The van der Waals surface area contributed by atoms with Gasteiger partial charge in [-0.3, -0.25) is 9.69 Å². The van der Waals surface area contributed by atoms with Crippen LogP contribution in [0.1, 0.15) is 0 Å². The molecule has 0 amide bonds. The van der Waals surface area contributed by atoms with E-state index in [1.54, 1.807) is 12.1 Å². The summed E-state index contributed by atoms with van der Waals surface area (Å²) in [7, 11) is 0. The van der Waals surface area contributed by atoms with Crippen LogP contribution in [0.4, 0.5) is 0 Å². The van der Waals surface area contributed by atoms with E-state index >= 15 is 0 Å². The summed E-state index contributed by atoms with van der Waals surface area (Å²) in [6.07, 6.45) is 0. The van der Waals surface area contributed by atoms with E-state index in [2.05, 4.69) is 4.90 Å². The zero-order valence-corrected chi connectivity index (χ0v) is 11.2. The lowest BCUT2D eigenvalue weighted by Gasteiger charge is -2.18. The SMILES string of the molecule is O=C(O)C1[C@H]2CN(CCOc3ccc(Cl)cc3)C[C@@H]12. The van der Waals surface area contributed by atoms with Crippen LogP contribution >= 0.6 is 11.6 Å². The third-order valence-electron chi connectivity index (χ3n) is 4.04.